The van der Waals surface area contributed by atoms with E-state index in [4.69, 9.17) is 4.74 Å². The summed E-state index contributed by atoms with van der Waals surface area (Å²) in [6, 6.07) is 24.6. The third kappa shape index (κ3) is 6.94. The summed E-state index contributed by atoms with van der Waals surface area (Å²) in [5, 5.41) is 2.90. The van der Waals surface area contributed by atoms with Crippen LogP contribution >= 0.6 is 0 Å². The molecule has 33 heavy (non-hydrogen) atoms. The molecule has 0 heterocycles. The van der Waals surface area contributed by atoms with Gasteiger partial charge in [-0.3, -0.25) is 9.59 Å². The number of aryl methyl sites for hydroxylation is 2. The smallest absolute Gasteiger partial charge is 0.261 e. The van der Waals surface area contributed by atoms with E-state index in [1.165, 1.54) is 5.56 Å². The van der Waals surface area contributed by atoms with E-state index in [0.717, 1.165) is 16.7 Å². The van der Waals surface area contributed by atoms with E-state index in [0.29, 0.717) is 25.3 Å². The van der Waals surface area contributed by atoms with Crippen LogP contribution in [-0.2, 0) is 22.6 Å². The molecule has 0 fully saturated rings. The van der Waals surface area contributed by atoms with E-state index in [2.05, 4.69) is 5.32 Å². The van der Waals surface area contributed by atoms with Crippen LogP contribution in [0.2, 0.25) is 0 Å². The van der Waals surface area contributed by atoms with Gasteiger partial charge in [0.25, 0.3) is 5.91 Å². The lowest BCUT2D eigenvalue weighted by Gasteiger charge is -2.31. The van der Waals surface area contributed by atoms with Gasteiger partial charge < -0.3 is 15.0 Å². The molecule has 2 amide bonds. The number of benzene rings is 3. The maximum absolute atomic E-state index is 13.4. The molecule has 0 aliphatic rings. The van der Waals surface area contributed by atoms with Crippen LogP contribution in [0.15, 0.2) is 78.9 Å². The number of hydrogen-bond acceptors (Lipinski definition) is 3. The minimum Gasteiger partial charge on any atom is -0.484 e. The van der Waals surface area contributed by atoms with E-state index in [-0.39, 0.29) is 18.4 Å². The van der Waals surface area contributed by atoms with Crippen molar-refractivity contribution < 1.29 is 14.3 Å². The Morgan fingerprint density at radius 2 is 1.52 bits per heavy atom. The van der Waals surface area contributed by atoms with Crippen molar-refractivity contribution in [1.82, 2.24) is 10.2 Å². The fraction of sp³-hybridized carbons (Fsp3) is 0.286. The van der Waals surface area contributed by atoms with Crippen LogP contribution in [0.1, 0.15) is 29.2 Å². The summed E-state index contributed by atoms with van der Waals surface area (Å²) >= 11 is 0. The van der Waals surface area contributed by atoms with Crippen LogP contribution in [0.25, 0.3) is 0 Å². The van der Waals surface area contributed by atoms with Gasteiger partial charge in [-0.1, -0.05) is 66.7 Å². The minimum atomic E-state index is -0.650. The summed E-state index contributed by atoms with van der Waals surface area (Å²) < 4.78 is 5.84. The monoisotopic (exact) mass is 444 g/mol. The maximum Gasteiger partial charge on any atom is 0.261 e. The molecule has 1 N–H and O–H groups in total. The van der Waals surface area contributed by atoms with Crippen molar-refractivity contribution in [3.63, 3.8) is 0 Å². The molecule has 5 heteroatoms. The zero-order valence-electron chi connectivity index (χ0n) is 19.6. The second-order valence-electron chi connectivity index (χ2n) is 8.14. The highest BCUT2D eigenvalue weighted by atomic mass is 16.5. The van der Waals surface area contributed by atoms with Crippen LogP contribution in [0.5, 0.6) is 5.75 Å². The predicted octanol–water partition coefficient (Wildman–Crippen LogP) is 4.46. The van der Waals surface area contributed by atoms with Gasteiger partial charge in [-0.25, -0.2) is 0 Å². The molecule has 3 aromatic rings. The highest BCUT2D eigenvalue weighted by Crippen LogP contribution is 2.18. The van der Waals surface area contributed by atoms with Crippen LogP contribution in [0.4, 0.5) is 0 Å². The predicted molar refractivity (Wildman–Crippen MR) is 131 cm³/mol. The molecule has 0 saturated carbocycles. The van der Waals surface area contributed by atoms with Gasteiger partial charge in [-0.2, -0.15) is 0 Å². The Balaban J connectivity index is 1.86. The van der Waals surface area contributed by atoms with Crippen molar-refractivity contribution in [2.75, 3.05) is 13.2 Å². The van der Waals surface area contributed by atoms with Crippen LogP contribution < -0.4 is 10.1 Å². The number of carbonyl (C=O) groups is 2. The number of nitrogens with zero attached hydrogens (tertiary/aromatic N) is 1. The number of ether oxygens (including phenoxy) is 1. The number of amides is 2. The van der Waals surface area contributed by atoms with Gasteiger partial charge >= 0.3 is 0 Å². The number of rotatable bonds is 10. The normalized spacial score (nSPS) is 11.5. The average molecular weight is 445 g/mol. The largest absolute Gasteiger partial charge is 0.484 e. The molecule has 3 aromatic carbocycles. The first-order chi connectivity index (χ1) is 16.0. The molecule has 0 radical (unpaired) electrons. The van der Waals surface area contributed by atoms with Gasteiger partial charge in [0.15, 0.2) is 6.61 Å². The highest BCUT2D eigenvalue weighted by molar-refractivity contribution is 5.88. The van der Waals surface area contributed by atoms with Crippen molar-refractivity contribution in [3.05, 3.63) is 101 Å². The first-order valence-electron chi connectivity index (χ1n) is 11.3. The highest BCUT2D eigenvalue weighted by Gasteiger charge is 2.30. The molecule has 0 aromatic heterocycles. The van der Waals surface area contributed by atoms with Gasteiger partial charge in [-0.05, 0) is 55.2 Å². The molecule has 5 nitrogen and oxygen atoms in total. The van der Waals surface area contributed by atoms with Crippen LogP contribution in [0.3, 0.4) is 0 Å². The Bertz CT molecular complexity index is 1050. The fourth-order valence-electron chi connectivity index (χ4n) is 3.66. The van der Waals surface area contributed by atoms with E-state index in [1.807, 2.05) is 99.6 Å². The Kier molecular flexibility index (Phi) is 8.64. The van der Waals surface area contributed by atoms with Gasteiger partial charge in [-0.15, -0.1) is 0 Å². The third-order valence-corrected chi connectivity index (χ3v) is 5.66. The van der Waals surface area contributed by atoms with Crippen LogP contribution in [0, 0.1) is 13.8 Å². The molecule has 0 aliphatic carbocycles. The molecule has 3 rings (SSSR count). The number of hydrogen-bond donors (Lipinski definition) is 1. The van der Waals surface area contributed by atoms with Gasteiger partial charge in [0.1, 0.15) is 11.8 Å². The number of likely N-dealkylation sites (N-methyl/N-ethyl adjacent to an activating group) is 1. The topological polar surface area (TPSA) is 58.6 Å². The van der Waals surface area contributed by atoms with Crippen molar-refractivity contribution in [1.29, 1.82) is 0 Å². The summed E-state index contributed by atoms with van der Waals surface area (Å²) in [4.78, 5) is 28.2. The maximum atomic E-state index is 13.4. The Labute approximate surface area is 196 Å². The molecular formula is C28H32N2O3. The van der Waals surface area contributed by atoms with E-state index in [1.54, 1.807) is 4.90 Å². The summed E-state index contributed by atoms with van der Waals surface area (Å²) in [5.41, 5.74) is 4.22. The SMILES string of the molecule is CCNC(=O)[C@H](Cc1ccccc1)N(Cc1ccccc1)C(=O)COc1ccc(C)c(C)c1. The van der Waals surface area contributed by atoms with Gasteiger partial charge in [0, 0.05) is 19.5 Å². The third-order valence-electron chi connectivity index (χ3n) is 5.66. The fourth-order valence-corrected chi connectivity index (χ4v) is 3.66. The summed E-state index contributed by atoms with van der Waals surface area (Å²) in [5.74, 6) is 0.241. The van der Waals surface area contributed by atoms with E-state index < -0.39 is 6.04 Å². The average Bonchev–Trinajstić information content (AvgIpc) is 2.83. The van der Waals surface area contributed by atoms with Crippen molar-refractivity contribution >= 4 is 11.8 Å². The quantitative estimate of drug-likeness (QED) is 0.502. The minimum absolute atomic E-state index is 0.139. The zero-order chi connectivity index (χ0) is 23.6. The standard InChI is InChI=1S/C28H32N2O3/c1-4-29-28(32)26(18-23-11-7-5-8-12-23)30(19-24-13-9-6-10-14-24)27(31)20-33-25-16-15-21(2)22(3)17-25/h5-17,26H,4,18-20H2,1-3H3,(H,29,32)/t26-/m0/s1. The lowest BCUT2D eigenvalue weighted by Crippen LogP contribution is -2.51. The first-order valence-corrected chi connectivity index (χ1v) is 11.3. The Morgan fingerprint density at radius 1 is 0.879 bits per heavy atom. The summed E-state index contributed by atoms with van der Waals surface area (Å²) in [6.45, 7) is 6.61. The number of carbonyl (C=O) groups excluding carboxylic acids is 2. The first kappa shape index (κ1) is 24.1. The Morgan fingerprint density at radius 3 is 2.12 bits per heavy atom. The lowest BCUT2D eigenvalue weighted by molar-refractivity contribution is -0.142. The van der Waals surface area contributed by atoms with E-state index in [9.17, 15) is 9.59 Å². The van der Waals surface area contributed by atoms with Crippen molar-refractivity contribution in [2.24, 2.45) is 0 Å². The van der Waals surface area contributed by atoms with Crippen molar-refractivity contribution in [2.45, 2.75) is 39.8 Å². The lowest BCUT2D eigenvalue weighted by atomic mass is 10.0. The summed E-state index contributed by atoms with van der Waals surface area (Å²) in [7, 11) is 0. The number of nitrogens with one attached hydrogen (secondary N) is 1. The molecular weight excluding hydrogens is 412 g/mol. The van der Waals surface area contributed by atoms with Crippen molar-refractivity contribution in [3.8, 4) is 5.75 Å². The van der Waals surface area contributed by atoms with Crippen LogP contribution in [-0.4, -0.2) is 35.9 Å². The summed E-state index contributed by atoms with van der Waals surface area (Å²) in [6.07, 6.45) is 0.425. The molecule has 172 valence electrons. The van der Waals surface area contributed by atoms with E-state index >= 15 is 0 Å². The molecule has 0 saturated heterocycles. The zero-order valence-corrected chi connectivity index (χ0v) is 19.6. The molecule has 0 unspecified atom stereocenters. The van der Waals surface area contributed by atoms with Gasteiger partial charge in [0.05, 0.1) is 0 Å². The second kappa shape index (κ2) is 11.9. The molecule has 1 atom stereocenters. The second-order valence-corrected chi connectivity index (χ2v) is 8.14. The molecule has 0 aliphatic heterocycles. The Hall–Kier alpha value is -3.60. The van der Waals surface area contributed by atoms with Gasteiger partial charge in [0.2, 0.25) is 5.91 Å². The molecule has 0 spiro atoms. The molecule has 0 bridgehead atoms.